The van der Waals surface area contributed by atoms with Gasteiger partial charge in [-0.3, -0.25) is 9.83 Å². The highest BCUT2D eigenvalue weighted by atomic mass is 32.1. The van der Waals surface area contributed by atoms with Crippen LogP contribution in [0.3, 0.4) is 0 Å². The third kappa shape index (κ3) is 3.34. The summed E-state index contributed by atoms with van der Waals surface area (Å²) in [5.41, 5.74) is 6.20. The van der Waals surface area contributed by atoms with Gasteiger partial charge in [0.1, 0.15) is 29.0 Å². The van der Waals surface area contributed by atoms with Crippen LogP contribution in [0.5, 0.6) is 5.88 Å². The number of thiazole rings is 1. The number of fused-ring (bicyclic) bond motifs is 1. The molecular weight excluding hydrogens is 388 g/mol. The number of hydrogen-bond acceptors (Lipinski definition) is 8. The van der Waals surface area contributed by atoms with Gasteiger partial charge >= 0.3 is 0 Å². The summed E-state index contributed by atoms with van der Waals surface area (Å²) in [5, 5.41) is 0.919. The third-order valence-corrected chi connectivity index (χ3v) is 5.69. The minimum absolute atomic E-state index is 0.188. The summed E-state index contributed by atoms with van der Waals surface area (Å²) < 4.78 is 8.51. The predicted octanol–water partition coefficient (Wildman–Crippen LogP) is 3.22. The Morgan fingerprint density at radius 2 is 2.10 bits per heavy atom. The minimum atomic E-state index is -0.188. The molecule has 29 heavy (non-hydrogen) atoms. The van der Waals surface area contributed by atoms with E-state index in [1.165, 1.54) is 0 Å². The molecule has 1 N–H and O–H groups in total. The Morgan fingerprint density at radius 3 is 2.90 bits per heavy atom. The van der Waals surface area contributed by atoms with Crippen molar-refractivity contribution >= 4 is 27.4 Å². The van der Waals surface area contributed by atoms with Crippen LogP contribution in [-0.4, -0.2) is 39.1 Å². The number of nitrogens with one attached hydrogen (secondary N) is 1. The van der Waals surface area contributed by atoms with E-state index in [9.17, 15) is 0 Å². The van der Waals surface area contributed by atoms with Gasteiger partial charge in [0, 0.05) is 6.20 Å². The van der Waals surface area contributed by atoms with Crippen LogP contribution < -0.4 is 10.2 Å². The highest BCUT2D eigenvalue weighted by Gasteiger charge is 2.23. The fraction of sp³-hybridized carbons (Fsp3) is 0.200. The monoisotopic (exact) mass is 406 g/mol. The molecule has 0 spiro atoms. The molecule has 1 aliphatic rings. The van der Waals surface area contributed by atoms with Crippen molar-refractivity contribution in [2.75, 3.05) is 13.7 Å². The Morgan fingerprint density at radius 1 is 1.21 bits per heavy atom. The van der Waals surface area contributed by atoms with Crippen molar-refractivity contribution in [3.63, 3.8) is 0 Å². The molecule has 0 amide bonds. The largest absolute Gasteiger partial charge is 0.479 e. The molecule has 0 bridgehead atoms. The van der Waals surface area contributed by atoms with E-state index in [1.54, 1.807) is 24.8 Å². The molecule has 8 nitrogen and oxygen atoms in total. The summed E-state index contributed by atoms with van der Waals surface area (Å²) in [6.07, 6.45) is 3.65. The molecule has 0 saturated heterocycles. The van der Waals surface area contributed by atoms with Gasteiger partial charge in [0.25, 0.3) is 0 Å². The van der Waals surface area contributed by atoms with E-state index >= 15 is 0 Å². The van der Waals surface area contributed by atoms with Crippen LogP contribution in [0.25, 0.3) is 15.9 Å². The molecule has 1 aromatic carbocycles. The highest BCUT2D eigenvalue weighted by Crippen LogP contribution is 2.30. The smallest absolute Gasteiger partial charge is 0.238 e. The van der Waals surface area contributed by atoms with Crippen molar-refractivity contribution < 1.29 is 9.57 Å². The van der Waals surface area contributed by atoms with Gasteiger partial charge < -0.3 is 9.30 Å². The summed E-state index contributed by atoms with van der Waals surface area (Å²) in [6, 6.07) is 11.7. The fourth-order valence-electron chi connectivity index (χ4n) is 3.15. The maximum Gasteiger partial charge on any atom is 0.238 e. The van der Waals surface area contributed by atoms with Crippen LogP contribution in [0.2, 0.25) is 0 Å². The Kier molecular flexibility index (Phi) is 4.45. The summed E-state index contributed by atoms with van der Waals surface area (Å²) in [5.74, 6) is 1.03. The maximum atomic E-state index is 5.58. The number of nitrogens with zero attached hydrogens (tertiary/aromatic N) is 5. The molecule has 146 valence electrons. The average Bonchev–Trinajstić information content (AvgIpc) is 3.39. The first-order valence-corrected chi connectivity index (χ1v) is 9.90. The third-order valence-electron chi connectivity index (χ3n) is 4.56. The number of ether oxygens (including phenoxy) is 1. The van der Waals surface area contributed by atoms with E-state index in [0.29, 0.717) is 24.0 Å². The van der Waals surface area contributed by atoms with E-state index in [4.69, 9.17) is 19.6 Å². The molecule has 4 aromatic rings. The molecular formula is C20H18N6O2S. The van der Waals surface area contributed by atoms with Crippen molar-refractivity contribution in [1.29, 1.82) is 0 Å². The number of imidazole rings is 1. The topological polar surface area (TPSA) is 86.5 Å². The van der Waals surface area contributed by atoms with Crippen LogP contribution >= 0.6 is 11.3 Å². The normalized spacial score (nSPS) is 16.5. The molecule has 0 saturated carbocycles. The SMILES string of the molecule is COc1nc(C2=NC(c3nc4ccccc4s3)CON2)ccc1-n1cnc(C)c1. The van der Waals surface area contributed by atoms with Crippen molar-refractivity contribution in [3.8, 4) is 11.6 Å². The van der Waals surface area contributed by atoms with E-state index < -0.39 is 0 Å². The van der Waals surface area contributed by atoms with Gasteiger partial charge in [0.2, 0.25) is 5.88 Å². The first-order chi connectivity index (χ1) is 14.2. The molecule has 0 fully saturated rings. The van der Waals surface area contributed by atoms with Gasteiger partial charge in [0.05, 0.1) is 29.3 Å². The molecule has 1 unspecified atom stereocenters. The Hall–Kier alpha value is -3.30. The van der Waals surface area contributed by atoms with Crippen molar-refractivity contribution in [3.05, 3.63) is 65.3 Å². The molecule has 4 heterocycles. The molecule has 1 aliphatic heterocycles. The minimum Gasteiger partial charge on any atom is -0.479 e. The molecule has 0 aliphatic carbocycles. The second-order valence-corrected chi connectivity index (χ2v) is 7.64. The lowest BCUT2D eigenvalue weighted by Crippen LogP contribution is -2.33. The van der Waals surface area contributed by atoms with Crippen LogP contribution in [0.4, 0.5) is 0 Å². The van der Waals surface area contributed by atoms with Gasteiger partial charge in [-0.15, -0.1) is 11.3 Å². The first kappa shape index (κ1) is 17.8. The summed E-state index contributed by atoms with van der Waals surface area (Å²) in [4.78, 5) is 23.9. The number of hydroxylamine groups is 1. The van der Waals surface area contributed by atoms with Crippen LogP contribution in [0.15, 0.2) is 53.9 Å². The van der Waals surface area contributed by atoms with E-state index in [1.807, 2.05) is 48.0 Å². The Balaban J connectivity index is 1.49. The lowest BCUT2D eigenvalue weighted by molar-refractivity contribution is 0.0620. The number of benzene rings is 1. The zero-order valence-electron chi connectivity index (χ0n) is 15.9. The fourth-order valence-corrected chi connectivity index (χ4v) is 4.14. The Bertz CT molecular complexity index is 1180. The van der Waals surface area contributed by atoms with Gasteiger partial charge in [-0.25, -0.2) is 20.4 Å². The molecule has 0 radical (unpaired) electrons. The lowest BCUT2D eigenvalue weighted by Gasteiger charge is -2.20. The number of aryl methyl sites for hydroxylation is 1. The number of aromatic nitrogens is 4. The summed E-state index contributed by atoms with van der Waals surface area (Å²) in [7, 11) is 1.59. The number of aliphatic imine (C=N–C) groups is 1. The first-order valence-electron chi connectivity index (χ1n) is 9.09. The number of para-hydroxylation sites is 1. The quantitative estimate of drug-likeness (QED) is 0.560. The average molecular weight is 406 g/mol. The van der Waals surface area contributed by atoms with Crippen molar-refractivity contribution in [2.24, 2.45) is 4.99 Å². The molecule has 5 rings (SSSR count). The van der Waals surface area contributed by atoms with Crippen molar-refractivity contribution in [2.45, 2.75) is 13.0 Å². The lowest BCUT2D eigenvalue weighted by atomic mass is 10.2. The predicted molar refractivity (Wildman–Crippen MR) is 111 cm³/mol. The van der Waals surface area contributed by atoms with Crippen LogP contribution in [-0.2, 0) is 4.84 Å². The second kappa shape index (κ2) is 7.26. The van der Waals surface area contributed by atoms with Crippen LogP contribution in [0, 0.1) is 6.92 Å². The van der Waals surface area contributed by atoms with E-state index in [-0.39, 0.29) is 6.04 Å². The molecule has 3 aromatic heterocycles. The van der Waals surface area contributed by atoms with Crippen molar-refractivity contribution in [1.82, 2.24) is 25.0 Å². The van der Waals surface area contributed by atoms with Gasteiger partial charge in [-0.2, -0.15) is 0 Å². The van der Waals surface area contributed by atoms with Gasteiger partial charge in [-0.05, 0) is 31.2 Å². The number of amidine groups is 1. The zero-order valence-corrected chi connectivity index (χ0v) is 16.7. The number of hydrogen-bond donors (Lipinski definition) is 1. The van der Waals surface area contributed by atoms with Gasteiger partial charge in [0.15, 0.2) is 5.84 Å². The van der Waals surface area contributed by atoms with Gasteiger partial charge in [-0.1, -0.05) is 12.1 Å². The maximum absolute atomic E-state index is 5.58. The highest BCUT2D eigenvalue weighted by molar-refractivity contribution is 7.18. The van der Waals surface area contributed by atoms with E-state index in [0.717, 1.165) is 26.6 Å². The van der Waals surface area contributed by atoms with Crippen LogP contribution in [0.1, 0.15) is 22.4 Å². The molecule has 1 atom stereocenters. The van der Waals surface area contributed by atoms with E-state index in [2.05, 4.69) is 21.5 Å². The summed E-state index contributed by atoms with van der Waals surface area (Å²) >= 11 is 1.63. The number of rotatable bonds is 4. The standard InChI is InChI=1S/C20H18N6O2S/c1-12-9-26(11-21-12)16-8-7-14(23-19(16)27-2)18-22-15(10-28-25-18)20-24-13-5-3-4-6-17(13)29-20/h3-9,11,15H,10H2,1-2H3,(H,22,25). The molecule has 9 heteroatoms. The summed E-state index contributed by atoms with van der Waals surface area (Å²) in [6.45, 7) is 2.35. The number of methoxy groups -OCH3 is 1. The second-order valence-electron chi connectivity index (χ2n) is 6.57. The number of pyridine rings is 1. The Labute approximate surface area is 170 Å². The zero-order chi connectivity index (χ0) is 19.8.